The summed E-state index contributed by atoms with van der Waals surface area (Å²) in [6.07, 6.45) is 11.0. The lowest BCUT2D eigenvalue weighted by Gasteiger charge is -2.05. The highest BCUT2D eigenvalue weighted by atomic mass is 33.1. The lowest BCUT2D eigenvalue weighted by atomic mass is 10.1. The summed E-state index contributed by atoms with van der Waals surface area (Å²) in [5.74, 6) is 0.140. The van der Waals surface area contributed by atoms with E-state index in [1.165, 1.54) is 6.42 Å². The summed E-state index contributed by atoms with van der Waals surface area (Å²) in [5.41, 5.74) is 0. The molecule has 0 spiro atoms. The van der Waals surface area contributed by atoms with Gasteiger partial charge in [0.1, 0.15) is 6.33 Å². The highest BCUT2D eigenvalue weighted by molar-refractivity contribution is 8.78. The molecule has 86 valence electrons. The van der Waals surface area contributed by atoms with Crippen LogP contribution in [0, 0.1) is 0 Å². The van der Waals surface area contributed by atoms with Crippen LogP contribution in [0.25, 0.3) is 0 Å². The van der Waals surface area contributed by atoms with E-state index in [-0.39, 0.29) is 5.91 Å². The zero-order chi connectivity index (χ0) is 11.2. The summed E-state index contributed by atoms with van der Waals surface area (Å²) < 4.78 is 1.56. The third-order valence-electron chi connectivity index (χ3n) is 2.45. The molecule has 3 nitrogen and oxygen atoms in total. The maximum absolute atomic E-state index is 11.6. The van der Waals surface area contributed by atoms with Gasteiger partial charge in [0.05, 0.1) is 0 Å². The van der Waals surface area contributed by atoms with Gasteiger partial charge in [-0.15, -0.1) is 0 Å². The summed E-state index contributed by atoms with van der Waals surface area (Å²) in [7, 11) is 3.71. The Morgan fingerprint density at radius 3 is 3.06 bits per heavy atom. The van der Waals surface area contributed by atoms with Gasteiger partial charge < -0.3 is 0 Å². The molecule has 1 unspecified atom stereocenters. The van der Waals surface area contributed by atoms with Crippen molar-refractivity contribution in [1.29, 1.82) is 0 Å². The fourth-order valence-electron chi connectivity index (χ4n) is 1.56. The third kappa shape index (κ3) is 3.42. The second-order valence-corrected chi connectivity index (χ2v) is 6.09. The van der Waals surface area contributed by atoms with E-state index in [4.69, 9.17) is 0 Å². The molecule has 1 atom stereocenters. The van der Waals surface area contributed by atoms with E-state index in [2.05, 4.69) is 16.5 Å². The van der Waals surface area contributed by atoms with Gasteiger partial charge in [-0.2, -0.15) is 0 Å². The van der Waals surface area contributed by atoms with Crippen molar-refractivity contribution in [3.63, 3.8) is 0 Å². The van der Waals surface area contributed by atoms with Gasteiger partial charge in [0.2, 0.25) is 5.91 Å². The predicted octanol–water partition coefficient (Wildman–Crippen LogP) is 3.36. The van der Waals surface area contributed by atoms with E-state index >= 15 is 0 Å². The Kier molecular flexibility index (Phi) is 4.54. The topological polar surface area (TPSA) is 34.9 Å². The average Bonchev–Trinajstić information content (AvgIpc) is 2.96. The molecule has 5 heteroatoms. The molecule has 2 heterocycles. The first kappa shape index (κ1) is 11.8. The van der Waals surface area contributed by atoms with Crippen molar-refractivity contribution in [2.75, 3.05) is 0 Å². The highest BCUT2D eigenvalue weighted by Gasteiger charge is 2.10. The zero-order valence-corrected chi connectivity index (χ0v) is 10.5. The molecule has 0 aromatic carbocycles. The number of nitrogens with zero attached hydrogens (tertiary/aromatic N) is 2. The van der Waals surface area contributed by atoms with Crippen molar-refractivity contribution in [3.05, 3.63) is 30.2 Å². The van der Waals surface area contributed by atoms with Gasteiger partial charge in [-0.25, -0.2) is 4.98 Å². The number of carbonyl (C=O) groups excluding carboxylic acids is 1. The largest absolute Gasteiger partial charge is 0.276 e. The Morgan fingerprint density at radius 2 is 2.38 bits per heavy atom. The maximum Gasteiger partial charge on any atom is 0.231 e. The first-order chi connectivity index (χ1) is 7.86. The van der Waals surface area contributed by atoms with E-state index in [1.807, 2.05) is 10.8 Å². The molecule has 0 N–H and O–H groups in total. The van der Waals surface area contributed by atoms with E-state index in [0.29, 0.717) is 11.7 Å². The van der Waals surface area contributed by atoms with Crippen molar-refractivity contribution >= 4 is 27.5 Å². The van der Waals surface area contributed by atoms with Gasteiger partial charge in [0.15, 0.2) is 0 Å². The van der Waals surface area contributed by atoms with Crippen molar-refractivity contribution in [2.24, 2.45) is 0 Å². The van der Waals surface area contributed by atoms with E-state index in [9.17, 15) is 4.79 Å². The van der Waals surface area contributed by atoms with Crippen LogP contribution in [-0.4, -0.2) is 20.7 Å². The lowest BCUT2D eigenvalue weighted by Crippen LogP contribution is -2.07. The van der Waals surface area contributed by atoms with E-state index in [0.717, 1.165) is 12.8 Å². The normalized spacial score (nSPS) is 19.1. The van der Waals surface area contributed by atoms with E-state index in [1.54, 1.807) is 34.1 Å². The van der Waals surface area contributed by atoms with Crippen LogP contribution in [0.5, 0.6) is 0 Å². The molecular formula is C11H14N2OS2. The lowest BCUT2D eigenvalue weighted by molar-refractivity contribution is 0.0899. The standard InChI is InChI=1S/C11H14N2OS2/c14-11(13-7-6-12-9-13)4-2-1-3-10-5-8-15-16-10/h5-10H,1-4H2. The van der Waals surface area contributed by atoms with E-state index < -0.39 is 0 Å². The minimum absolute atomic E-state index is 0.140. The van der Waals surface area contributed by atoms with Gasteiger partial charge in [-0.1, -0.05) is 34.1 Å². The van der Waals surface area contributed by atoms with Gasteiger partial charge in [-0.05, 0) is 18.2 Å². The summed E-state index contributed by atoms with van der Waals surface area (Å²) in [4.78, 5) is 15.5. The van der Waals surface area contributed by atoms with Crippen molar-refractivity contribution < 1.29 is 4.79 Å². The molecule has 1 aromatic heterocycles. The summed E-state index contributed by atoms with van der Waals surface area (Å²) >= 11 is 0. The first-order valence-corrected chi connectivity index (χ1v) is 7.64. The number of hydrogen-bond donors (Lipinski definition) is 0. The average molecular weight is 254 g/mol. The molecule has 1 aromatic rings. The molecule has 0 amide bonds. The number of hydrogen-bond acceptors (Lipinski definition) is 4. The van der Waals surface area contributed by atoms with Crippen LogP contribution in [0.3, 0.4) is 0 Å². The molecule has 2 rings (SSSR count). The van der Waals surface area contributed by atoms with Gasteiger partial charge in [-0.3, -0.25) is 9.36 Å². The van der Waals surface area contributed by atoms with Crippen LogP contribution >= 0.6 is 21.6 Å². The molecule has 0 saturated heterocycles. The summed E-state index contributed by atoms with van der Waals surface area (Å²) in [5, 5.41) is 2.79. The molecule has 16 heavy (non-hydrogen) atoms. The van der Waals surface area contributed by atoms with Crippen LogP contribution in [-0.2, 0) is 0 Å². The van der Waals surface area contributed by atoms with Crippen LogP contribution in [0.4, 0.5) is 0 Å². The van der Waals surface area contributed by atoms with Crippen LogP contribution in [0.1, 0.15) is 30.5 Å². The SMILES string of the molecule is O=C(CCCCC1C=CSS1)n1ccnc1. The Balaban J connectivity index is 1.61. The maximum atomic E-state index is 11.6. The first-order valence-electron chi connectivity index (χ1n) is 5.36. The minimum Gasteiger partial charge on any atom is -0.276 e. The molecule has 1 aliphatic heterocycles. The Bertz CT molecular complexity index is 362. The smallest absolute Gasteiger partial charge is 0.231 e. The number of imidazole rings is 1. The van der Waals surface area contributed by atoms with Crippen LogP contribution < -0.4 is 0 Å². The van der Waals surface area contributed by atoms with Gasteiger partial charge >= 0.3 is 0 Å². The van der Waals surface area contributed by atoms with Crippen LogP contribution in [0.15, 0.2) is 30.2 Å². The molecule has 0 radical (unpaired) electrons. The predicted molar refractivity (Wildman–Crippen MR) is 69.4 cm³/mol. The second kappa shape index (κ2) is 6.15. The fourth-order valence-corrected chi connectivity index (χ4v) is 3.82. The fraction of sp³-hybridized carbons (Fsp3) is 0.455. The number of carbonyl (C=O) groups is 1. The number of rotatable bonds is 5. The number of aromatic nitrogens is 2. The second-order valence-electron chi connectivity index (χ2n) is 3.67. The minimum atomic E-state index is 0.140. The van der Waals surface area contributed by atoms with Crippen molar-refractivity contribution in [2.45, 2.75) is 30.9 Å². The zero-order valence-electron chi connectivity index (χ0n) is 8.91. The quantitative estimate of drug-likeness (QED) is 0.596. The Labute approximate surface area is 103 Å². The molecule has 0 fully saturated rings. The number of unbranched alkanes of at least 4 members (excludes halogenated alkanes) is 1. The van der Waals surface area contributed by atoms with Crippen molar-refractivity contribution in [1.82, 2.24) is 9.55 Å². The van der Waals surface area contributed by atoms with Gasteiger partial charge in [0.25, 0.3) is 0 Å². The third-order valence-corrected chi connectivity index (χ3v) is 4.88. The molecular weight excluding hydrogens is 240 g/mol. The molecule has 1 aliphatic rings. The molecule has 0 saturated carbocycles. The molecule has 0 aliphatic carbocycles. The Hall–Kier alpha value is -0.680. The monoisotopic (exact) mass is 254 g/mol. The Morgan fingerprint density at radius 1 is 1.44 bits per heavy atom. The van der Waals surface area contributed by atoms with Gasteiger partial charge in [0, 0.05) is 24.1 Å². The summed E-state index contributed by atoms with van der Waals surface area (Å²) in [6, 6.07) is 0. The highest BCUT2D eigenvalue weighted by Crippen LogP contribution is 2.37. The summed E-state index contributed by atoms with van der Waals surface area (Å²) in [6.45, 7) is 0. The van der Waals surface area contributed by atoms with Crippen LogP contribution in [0.2, 0.25) is 0 Å². The van der Waals surface area contributed by atoms with Crippen molar-refractivity contribution in [3.8, 4) is 0 Å². The molecule has 0 bridgehead atoms.